The van der Waals surface area contributed by atoms with Crippen LogP contribution >= 0.6 is 0 Å². The fourth-order valence-corrected chi connectivity index (χ4v) is 2.37. The summed E-state index contributed by atoms with van der Waals surface area (Å²) in [6, 6.07) is 8.71. The molecule has 6 nitrogen and oxygen atoms in total. The van der Waals surface area contributed by atoms with Crippen molar-refractivity contribution in [3.8, 4) is 0 Å². The van der Waals surface area contributed by atoms with Crippen LogP contribution in [0.2, 0.25) is 0 Å². The second kappa shape index (κ2) is 9.70. The fraction of sp³-hybridized carbons (Fsp3) is 0.500. The van der Waals surface area contributed by atoms with E-state index in [2.05, 4.69) is 10.6 Å². The average Bonchev–Trinajstić information content (AvgIpc) is 2.52. The third-order valence-corrected chi connectivity index (χ3v) is 3.65. The Bertz CT molecular complexity index is 557. The molecule has 0 aliphatic carbocycles. The van der Waals surface area contributed by atoms with Gasteiger partial charge in [0.1, 0.15) is 6.04 Å². The number of carbonyl (C=O) groups is 3. The van der Waals surface area contributed by atoms with E-state index >= 15 is 0 Å². The highest BCUT2D eigenvalue weighted by molar-refractivity contribution is 5.88. The van der Waals surface area contributed by atoms with E-state index < -0.39 is 17.9 Å². The van der Waals surface area contributed by atoms with E-state index in [-0.39, 0.29) is 30.7 Å². The predicted octanol–water partition coefficient (Wildman–Crippen LogP) is 1.91. The molecule has 2 atom stereocenters. The highest BCUT2D eigenvalue weighted by atomic mass is 16.4. The number of rotatable bonds is 9. The number of amides is 2. The lowest BCUT2D eigenvalue weighted by atomic mass is 9.98. The Kier molecular flexibility index (Phi) is 7.95. The van der Waals surface area contributed by atoms with Gasteiger partial charge in [-0.3, -0.25) is 9.59 Å². The summed E-state index contributed by atoms with van der Waals surface area (Å²) < 4.78 is 0. The first-order valence-corrected chi connectivity index (χ1v) is 8.13. The molecule has 0 saturated heterocycles. The third kappa shape index (κ3) is 7.26. The monoisotopic (exact) mass is 334 g/mol. The molecule has 1 rings (SSSR count). The van der Waals surface area contributed by atoms with Gasteiger partial charge in [0.2, 0.25) is 11.8 Å². The molecule has 1 aromatic rings. The van der Waals surface area contributed by atoms with Crippen LogP contribution in [-0.4, -0.2) is 35.5 Å². The van der Waals surface area contributed by atoms with Gasteiger partial charge in [0.05, 0.1) is 6.54 Å². The molecule has 0 fully saturated rings. The van der Waals surface area contributed by atoms with E-state index in [1.54, 1.807) is 0 Å². The van der Waals surface area contributed by atoms with Crippen LogP contribution in [-0.2, 0) is 14.4 Å². The summed E-state index contributed by atoms with van der Waals surface area (Å²) in [6.07, 6.45) is 0.617. The van der Waals surface area contributed by atoms with Crippen molar-refractivity contribution in [3.05, 3.63) is 35.9 Å². The quantitative estimate of drug-likeness (QED) is 0.643. The Morgan fingerprint density at radius 2 is 1.67 bits per heavy atom. The Morgan fingerprint density at radius 3 is 2.21 bits per heavy atom. The van der Waals surface area contributed by atoms with Crippen molar-refractivity contribution in [1.82, 2.24) is 10.6 Å². The Balaban J connectivity index is 2.40. The molecule has 0 aliphatic heterocycles. The molecule has 1 unspecified atom stereocenters. The van der Waals surface area contributed by atoms with Crippen molar-refractivity contribution in [2.75, 3.05) is 6.54 Å². The van der Waals surface area contributed by atoms with Crippen LogP contribution in [0.1, 0.15) is 45.1 Å². The molecular formula is C18H26N2O4. The molecule has 0 spiro atoms. The molecule has 132 valence electrons. The zero-order valence-corrected chi connectivity index (χ0v) is 14.4. The molecule has 0 heterocycles. The molecule has 0 bridgehead atoms. The van der Waals surface area contributed by atoms with Gasteiger partial charge in [-0.1, -0.05) is 51.1 Å². The Morgan fingerprint density at radius 1 is 1.04 bits per heavy atom. The first-order chi connectivity index (χ1) is 11.3. The molecule has 0 saturated carbocycles. The molecular weight excluding hydrogens is 308 g/mol. The highest BCUT2D eigenvalue weighted by Crippen LogP contribution is 2.17. The van der Waals surface area contributed by atoms with Gasteiger partial charge in [-0.05, 0) is 23.8 Å². The van der Waals surface area contributed by atoms with Crippen LogP contribution in [0.3, 0.4) is 0 Å². The SMILES string of the molecule is CC(C)C[C@H](NC(=O)CNC(=O)CC(C)c1ccccc1)C(=O)O. The average molecular weight is 334 g/mol. The van der Waals surface area contributed by atoms with Crippen molar-refractivity contribution >= 4 is 17.8 Å². The number of hydrogen-bond donors (Lipinski definition) is 3. The van der Waals surface area contributed by atoms with E-state index in [0.717, 1.165) is 5.56 Å². The first-order valence-electron chi connectivity index (χ1n) is 8.13. The van der Waals surface area contributed by atoms with Crippen LogP contribution in [0.5, 0.6) is 0 Å². The lowest BCUT2D eigenvalue weighted by Crippen LogP contribution is -2.46. The largest absolute Gasteiger partial charge is 0.480 e. The molecule has 6 heteroatoms. The summed E-state index contributed by atoms with van der Waals surface area (Å²) in [4.78, 5) is 34.8. The van der Waals surface area contributed by atoms with Crippen LogP contribution < -0.4 is 10.6 Å². The number of benzene rings is 1. The molecule has 2 amide bonds. The summed E-state index contributed by atoms with van der Waals surface area (Å²) in [7, 11) is 0. The fourth-order valence-electron chi connectivity index (χ4n) is 2.37. The first kappa shape index (κ1) is 19.7. The van der Waals surface area contributed by atoms with Gasteiger partial charge in [0.15, 0.2) is 0 Å². The van der Waals surface area contributed by atoms with Gasteiger partial charge in [-0.15, -0.1) is 0 Å². The van der Waals surface area contributed by atoms with Gasteiger partial charge in [-0.2, -0.15) is 0 Å². The second-order valence-electron chi connectivity index (χ2n) is 6.38. The lowest BCUT2D eigenvalue weighted by molar-refractivity contribution is -0.142. The van der Waals surface area contributed by atoms with E-state index in [1.165, 1.54) is 0 Å². The van der Waals surface area contributed by atoms with E-state index in [4.69, 9.17) is 5.11 Å². The van der Waals surface area contributed by atoms with Gasteiger partial charge in [-0.25, -0.2) is 4.79 Å². The maximum Gasteiger partial charge on any atom is 0.326 e. The van der Waals surface area contributed by atoms with Crippen LogP contribution in [0, 0.1) is 5.92 Å². The summed E-state index contributed by atoms with van der Waals surface area (Å²) in [5.74, 6) is -1.61. The molecule has 0 aromatic heterocycles. The number of aliphatic carboxylic acids is 1. The third-order valence-electron chi connectivity index (χ3n) is 3.65. The standard InChI is InChI=1S/C18H26N2O4/c1-12(2)9-15(18(23)24)20-17(22)11-19-16(21)10-13(3)14-7-5-4-6-8-14/h4-8,12-13,15H,9-11H2,1-3H3,(H,19,21)(H,20,22)(H,23,24)/t13?,15-/m0/s1. The minimum absolute atomic E-state index is 0.0435. The van der Waals surface area contributed by atoms with E-state index in [1.807, 2.05) is 51.1 Å². The van der Waals surface area contributed by atoms with Gasteiger partial charge in [0, 0.05) is 6.42 Å². The number of nitrogens with one attached hydrogen (secondary N) is 2. The van der Waals surface area contributed by atoms with Crippen LogP contribution in [0.4, 0.5) is 0 Å². The minimum Gasteiger partial charge on any atom is -0.480 e. The molecule has 1 aromatic carbocycles. The zero-order chi connectivity index (χ0) is 18.1. The summed E-state index contributed by atoms with van der Waals surface area (Å²) in [5.41, 5.74) is 1.06. The van der Waals surface area contributed by atoms with Gasteiger partial charge < -0.3 is 15.7 Å². The number of hydrogen-bond acceptors (Lipinski definition) is 3. The maximum absolute atomic E-state index is 11.9. The number of carbonyl (C=O) groups excluding carboxylic acids is 2. The second-order valence-corrected chi connectivity index (χ2v) is 6.38. The van der Waals surface area contributed by atoms with Crippen molar-refractivity contribution in [2.45, 2.75) is 45.6 Å². The molecule has 0 aliphatic rings. The van der Waals surface area contributed by atoms with Crippen LogP contribution in [0.25, 0.3) is 0 Å². The van der Waals surface area contributed by atoms with Crippen molar-refractivity contribution in [2.24, 2.45) is 5.92 Å². The van der Waals surface area contributed by atoms with Crippen LogP contribution in [0.15, 0.2) is 30.3 Å². The molecule has 0 radical (unpaired) electrons. The van der Waals surface area contributed by atoms with E-state index in [0.29, 0.717) is 6.42 Å². The lowest BCUT2D eigenvalue weighted by Gasteiger charge is -2.17. The molecule has 24 heavy (non-hydrogen) atoms. The smallest absolute Gasteiger partial charge is 0.326 e. The van der Waals surface area contributed by atoms with Gasteiger partial charge >= 0.3 is 5.97 Å². The van der Waals surface area contributed by atoms with Gasteiger partial charge in [0.25, 0.3) is 0 Å². The summed E-state index contributed by atoms with van der Waals surface area (Å²) in [5, 5.41) is 14.1. The topological polar surface area (TPSA) is 95.5 Å². The Labute approximate surface area is 142 Å². The van der Waals surface area contributed by atoms with E-state index in [9.17, 15) is 14.4 Å². The summed E-state index contributed by atoms with van der Waals surface area (Å²) >= 11 is 0. The number of carboxylic acid groups (broad SMARTS) is 1. The number of carboxylic acids is 1. The Hall–Kier alpha value is -2.37. The predicted molar refractivity (Wildman–Crippen MR) is 91.5 cm³/mol. The van der Waals surface area contributed by atoms with Crippen molar-refractivity contribution in [1.29, 1.82) is 0 Å². The van der Waals surface area contributed by atoms with Crippen molar-refractivity contribution in [3.63, 3.8) is 0 Å². The molecule has 3 N–H and O–H groups in total. The normalized spacial score (nSPS) is 13.2. The van der Waals surface area contributed by atoms with Crippen molar-refractivity contribution < 1.29 is 19.5 Å². The minimum atomic E-state index is -1.07. The highest BCUT2D eigenvalue weighted by Gasteiger charge is 2.21. The summed E-state index contributed by atoms with van der Waals surface area (Å²) in [6.45, 7) is 5.49. The zero-order valence-electron chi connectivity index (χ0n) is 14.4. The maximum atomic E-state index is 11.9.